The fourth-order valence-electron chi connectivity index (χ4n) is 0.869. The zero-order chi connectivity index (χ0) is 12.9. The molecule has 16 heavy (non-hydrogen) atoms. The first-order chi connectivity index (χ1) is 7.16. The summed E-state index contributed by atoms with van der Waals surface area (Å²) in [7, 11) is 0. The van der Waals surface area contributed by atoms with Crippen LogP contribution in [0.4, 0.5) is 17.6 Å². The average Bonchev–Trinajstić information content (AvgIpc) is 2.12. The Morgan fingerprint density at radius 1 is 1.25 bits per heavy atom. The van der Waals surface area contributed by atoms with Gasteiger partial charge in [0.2, 0.25) is 5.91 Å². The van der Waals surface area contributed by atoms with E-state index < -0.39 is 30.8 Å². The monoisotopic (exact) mass is 244 g/mol. The number of nitrogens with one attached hydrogen (secondary N) is 2. The summed E-state index contributed by atoms with van der Waals surface area (Å²) in [5.74, 6) is -4.62. The lowest BCUT2D eigenvalue weighted by Gasteiger charge is -2.20. The number of halogens is 4. The second-order valence-corrected chi connectivity index (χ2v) is 3.83. The lowest BCUT2D eigenvalue weighted by atomic mass is 10.2. The molecule has 0 saturated heterocycles. The van der Waals surface area contributed by atoms with E-state index in [0.29, 0.717) is 0 Å². The van der Waals surface area contributed by atoms with Gasteiger partial charge in [-0.1, -0.05) is 0 Å². The van der Waals surface area contributed by atoms with Crippen LogP contribution in [0.15, 0.2) is 0 Å². The molecule has 96 valence electrons. The van der Waals surface area contributed by atoms with Crippen LogP contribution in [0.2, 0.25) is 0 Å². The fourth-order valence-corrected chi connectivity index (χ4v) is 0.869. The maximum absolute atomic E-state index is 12.5. The summed E-state index contributed by atoms with van der Waals surface area (Å²) in [5, 5.41) is 4.54. The highest BCUT2D eigenvalue weighted by Crippen LogP contribution is 2.21. The Balaban J connectivity index is 4.07. The van der Waals surface area contributed by atoms with Crippen molar-refractivity contribution in [1.82, 2.24) is 10.6 Å². The van der Waals surface area contributed by atoms with Crippen LogP contribution in [-0.2, 0) is 4.79 Å². The van der Waals surface area contributed by atoms with E-state index in [0.717, 1.165) is 0 Å². The first-order valence-electron chi connectivity index (χ1n) is 4.86. The van der Waals surface area contributed by atoms with E-state index in [-0.39, 0.29) is 6.04 Å². The molecule has 3 nitrogen and oxygen atoms in total. The van der Waals surface area contributed by atoms with E-state index in [4.69, 9.17) is 0 Å². The zero-order valence-electron chi connectivity index (χ0n) is 9.36. The van der Waals surface area contributed by atoms with Gasteiger partial charge in [0.05, 0.1) is 12.6 Å². The SMILES string of the molecule is CC(C)NC(=O)C(C)NCC(F)(F)C(F)F. The Labute approximate surface area is 91.6 Å². The molecule has 1 unspecified atom stereocenters. The normalized spacial score (nSPS) is 14.3. The van der Waals surface area contributed by atoms with Crippen LogP contribution in [-0.4, -0.2) is 36.9 Å². The fraction of sp³-hybridized carbons (Fsp3) is 0.889. The molecular weight excluding hydrogens is 228 g/mol. The number of hydrogen-bond acceptors (Lipinski definition) is 2. The summed E-state index contributed by atoms with van der Waals surface area (Å²) in [6.45, 7) is 3.52. The van der Waals surface area contributed by atoms with Gasteiger partial charge in [-0.15, -0.1) is 0 Å². The minimum absolute atomic E-state index is 0.132. The molecule has 0 fully saturated rings. The van der Waals surface area contributed by atoms with Gasteiger partial charge >= 0.3 is 12.3 Å². The number of carbonyl (C=O) groups is 1. The Kier molecular flexibility index (Phi) is 5.71. The molecule has 0 aromatic carbocycles. The van der Waals surface area contributed by atoms with Crippen LogP contribution in [0, 0.1) is 0 Å². The van der Waals surface area contributed by atoms with Gasteiger partial charge < -0.3 is 10.6 Å². The first-order valence-corrected chi connectivity index (χ1v) is 4.86. The molecule has 0 aliphatic rings. The van der Waals surface area contributed by atoms with Crippen molar-refractivity contribution in [3.63, 3.8) is 0 Å². The lowest BCUT2D eigenvalue weighted by molar-refractivity contribution is -0.131. The molecule has 0 aliphatic heterocycles. The van der Waals surface area contributed by atoms with Crippen molar-refractivity contribution in [3.8, 4) is 0 Å². The predicted molar refractivity (Wildman–Crippen MR) is 51.7 cm³/mol. The minimum atomic E-state index is -4.12. The molecule has 0 heterocycles. The highest BCUT2D eigenvalue weighted by atomic mass is 19.3. The van der Waals surface area contributed by atoms with Gasteiger partial charge in [0, 0.05) is 6.04 Å². The number of amides is 1. The number of rotatable bonds is 6. The quantitative estimate of drug-likeness (QED) is 0.693. The van der Waals surface area contributed by atoms with E-state index in [1.165, 1.54) is 6.92 Å². The Bertz CT molecular complexity index is 234. The summed E-state index contributed by atoms with van der Waals surface area (Å²) < 4.78 is 48.5. The highest BCUT2D eigenvalue weighted by Gasteiger charge is 2.40. The van der Waals surface area contributed by atoms with Crippen molar-refractivity contribution >= 4 is 5.91 Å². The van der Waals surface area contributed by atoms with Gasteiger partial charge in [-0.2, -0.15) is 8.78 Å². The molecule has 0 radical (unpaired) electrons. The van der Waals surface area contributed by atoms with Crippen LogP contribution < -0.4 is 10.6 Å². The lowest BCUT2D eigenvalue weighted by Crippen LogP contribution is -2.49. The summed E-state index contributed by atoms with van der Waals surface area (Å²) >= 11 is 0. The van der Waals surface area contributed by atoms with Crippen LogP contribution in [0.1, 0.15) is 20.8 Å². The van der Waals surface area contributed by atoms with Crippen LogP contribution in [0.25, 0.3) is 0 Å². The standard InChI is InChI=1S/C9H16F4N2O/c1-5(2)15-7(16)6(3)14-4-9(12,13)8(10)11/h5-6,8,14H,4H2,1-3H3,(H,15,16). The van der Waals surface area contributed by atoms with Crippen LogP contribution in [0.3, 0.4) is 0 Å². The molecule has 0 bridgehead atoms. The molecule has 7 heteroatoms. The van der Waals surface area contributed by atoms with Gasteiger partial charge in [-0.05, 0) is 20.8 Å². The predicted octanol–water partition coefficient (Wildman–Crippen LogP) is 1.39. The Morgan fingerprint density at radius 3 is 2.12 bits per heavy atom. The van der Waals surface area contributed by atoms with Crippen molar-refractivity contribution in [2.24, 2.45) is 0 Å². The van der Waals surface area contributed by atoms with E-state index in [9.17, 15) is 22.4 Å². The largest absolute Gasteiger partial charge is 0.353 e. The summed E-state index contributed by atoms with van der Waals surface area (Å²) in [5.41, 5.74) is 0. The van der Waals surface area contributed by atoms with Gasteiger partial charge in [0.15, 0.2) is 0 Å². The maximum atomic E-state index is 12.5. The van der Waals surface area contributed by atoms with Gasteiger partial charge in [-0.25, -0.2) is 8.78 Å². The smallest absolute Gasteiger partial charge is 0.319 e. The van der Waals surface area contributed by atoms with Crippen molar-refractivity contribution < 1.29 is 22.4 Å². The third kappa shape index (κ3) is 5.29. The summed E-state index contributed by atoms with van der Waals surface area (Å²) in [6.07, 6.45) is -3.74. The van der Waals surface area contributed by atoms with Crippen molar-refractivity contribution in [2.75, 3.05) is 6.54 Å². The van der Waals surface area contributed by atoms with Gasteiger partial charge in [-0.3, -0.25) is 4.79 Å². The summed E-state index contributed by atoms with van der Waals surface area (Å²) in [4.78, 5) is 11.2. The maximum Gasteiger partial charge on any atom is 0.319 e. The molecule has 1 amide bonds. The van der Waals surface area contributed by atoms with Crippen molar-refractivity contribution in [3.05, 3.63) is 0 Å². The van der Waals surface area contributed by atoms with Crippen molar-refractivity contribution in [1.29, 1.82) is 0 Å². The van der Waals surface area contributed by atoms with Crippen LogP contribution in [0.5, 0.6) is 0 Å². The molecule has 1 atom stereocenters. The zero-order valence-corrected chi connectivity index (χ0v) is 9.36. The van der Waals surface area contributed by atoms with Crippen molar-refractivity contribution in [2.45, 2.75) is 45.2 Å². The Morgan fingerprint density at radius 2 is 1.75 bits per heavy atom. The van der Waals surface area contributed by atoms with Crippen LogP contribution >= 0.6 is 0 Å². The first kappa shape index (κ1) is 15.2. The highest BCUT2D eigenvalue weighted by molar-refractivity contribution is 5.81. The third-order valence-corrected chi connectivity index (χ3v) is 1.79. The molecule has 0 aromatic rings. The van der Waals surface area contributed by atoms with E-state index in [2.05, 4.69) is 10.6 Å². The Hall–Kier alpha value is -0.850. The molecule has 0 rings (SSSR count). The molecule has 0 spiro atoms. The van der Waals surface area contributed by atoms with Gasteiger partial charge in [0.25, 0.3) is 0 Å². The molecule has 2 N–H and O–H groups in total. The number of carbonyl (C=O) groups excluding carboxylic acids is 1. The average molecular weight is 244 g/mol. The molecule has 0 aromatic heterocycles. The molecule has 0 aliphatic carbocycles. The topological polar surface area (TPSA) is 41.1 Å². The van der Waals surface area contributed by atoms with E-state index in [1.54, 1.807) is 13.8 Å². The van der Waals surface area contributed by atoms with E-state index >= 15 is 0 Å². The third-order valence-electron chi connectivity index (χ3n) is 1.79. The second kappa shape index (κ2) is 6.03. The number of hydrogen-bond donors (Lipinski definition) is 2. The summed E-state index contributed by atoms with van der Waals surface area (Å²) in [6, 6.07) is -1.07. The molecule has 0 saturated carbocycles. The minimum Gasteiger partial charge on any atom is -0.353 e. The van der Waals surface area contributed by atoms with E-state index in [1.807, 2.05) is 0 Å². The number of alkyl halides is 4. The molecular formula is C9H16F4N2O. The second-order valence-electron chi connectivity index (χ2n) is 3.83. The van der Waals surface area contributed by atoms with Gasteiger partial charge in [0.1, 0.15) is 0 Å².